The molecule has 0 bridgehead atoms. The molecule has 1 N–H and O–H groups in total. The summed E-state index contributed by atoms with van der Waals surface area (Å²) < 4.78 is 19.5. The van der Waals surface area contributed by atoms with Crippen LogP contribution in [0.5, 0.6) is 5.75 Å². The first-order valence-corrected chi connectivity index (χ1v) is 7.22. The fourth-order valence-corrected chi connectivity index (χ4v) is 3.26. The van der Waals surface area contributed by atoms with Gasteiger partial charge in [-0.3, -0.25) is 0 Å². The molecule has 2 atom stereocenters. The van der Waals surface area contributed by atoms with Crippen LogP contribution in [0.1, 0.15) is 42.4 Å². The summed E-state index contributed by atoms with van der Waals surface area (Å²) in [7, 11) is 1.50. The van der Waals surface area contributed by atoms with Gasteiger partial charge in [-0.05, 0) is 42.0 Å². The highest BCUT2D eigenvalue weighted by molar-refractivity contribution is 5.46. The first kappa shape index (κ1) is 14.1. The number of benzene rings is 2. The molecular formula is C18H19FO2. The number of fused-ring (bicyclic) bond motifs is 1. The molecule has 2 aromatic carbocycles. The molecule has 2 aromatic rings. The van der Waals surface area contributed by atoms with Crippen LogP contribution in [0.25, 0.3) is 0 Å². The van der Waals surface area contributed by atoms with Crippen LogP contribution in [0.2, 0.25) is 0 Å². The Kier molecular flexibility index (Phi) is 3.46. The van der Waals surface area contributed by atoms with E-state index >= 15 is 0 Å². The van der Waals surface area contributed by atoms with E-state index in [1.165, 1.54) is 13.2 Å². The molecule has 0 radical (unpaired) electrons. The number of aliphatic hydroxyl groups is 1. The molecule has 110 valence electrons. The number of halogens is 1. The summed E-state index contributed by atoms with van der Waals surface area (Å²) >= 11 is 0. The van der Waals surface area contributed by atoms with E-state index in [-0.39, 0.29) is 0 Å². The lowest BCUT2D eigenvalue weighted by molar-refractivity contribution is 0.0542. The highest BCUT2D eigenvalue weighted by Gasteiger charge is 2.40. The van der Waals surface area contributed by atoms with E-state index in [0.717, 1.165) is 17.5 Å². The zero-order valence-electron chi connectivity index (χ0n) is 12.3. The van der Waals surface area contributed by atoms with E-state index in [2.05, 4.69) is 6.92 Å². The van der Waals surface area contributed by atoms with Gasteiger partial charge in [0.15, 0.2) is 0 Å². The van der Waals surface area contributed by atoms with Crippen molar-refractivity contribution in [3.63, 3.8) is 0 Å². The third kappa shape index (κ3) is 2.22. The molecular weight excluding hydrogens is 267 g/mol. The van der Waals surface area contributed by atoms with Gasteiger partial charge in [-0.15, -0.1) is 0 Å². The quantitative estimate of drug-likeness (QED) is 0.905. The molecule has 21 heavy (non-hydrogen) atoms. The van der Waals surface area contributed by atoms with Gasteiger partial charge in [0.1, 0.15) is 17.2 Å². The molecule has 0 aliphatic heterocycles. The van der Waals surface area contributed by atoms with Crippen molar-refractivity contribution in [1.29, 1.82) is 0 Å². The molecule has 0 spiro atoms. The zero-order valence-corrected chi connectivity index (χ0v) is 12.3. The number of rotatable bonds is 2. The molecule has 2 nitrogen and oxygen atoms in total. The van der Waals surface area contributed by atoms with Crippen molar-refractivity contribution in [3.8, 4) is 5.75 Å². The molecule has 0 heterocycles. The summed E-state index contributed by atoms with van der Waals surface area (Å²) in [5, 5.41) is 11.2. The Morgan fingerprint density at radius 2 is 1.95 bits per heavy atom. The fourth-order valence-electron chi connectivity index (χ4n) is 3.26. The molecule has 0 amide bonds. The Morgan fingerprint density at radius 1 is 1.19 bits per heavy atom. The van der Waals surface area contributed by atoms with Crippen LogP contribution in [0.3, 0.4) is 0 Å². The Labute approximate surface area is 124 Å². The number of hydrogen-bond donors (Lipinski definition) is 1. The Bertz CT molecular complexity index is 668. The van der Waals surface area contributed by atoms with Crippen LogP contribution in [0.15, 0.2) is 42.5 Å². The number of ether oxygens (including phenoxy) is 1. The van der Waals surface area contributed by atoms with Crippen molar-refractivity contribution in [3.05, 3.63) is 65.0 Å². The van der Waals surface area contributed by atoms with Gasteiger partial charge in [0.05, 0.1) is 7.11 Å². The van der Waals surface area contributed by atoms with Gasteiger partial charge in [-0.2, -0.15) is 0 Å². The highest BCUT2D eigenvalue weighted by Crippen LogP contribution is 2.45. The van der Waals surface area contributed by atoms with E-state index in [4.69, 9.17) is 4.74 Å². The number of methoxy groups -OCH3 is 1. The SMILES string of the molecule is COc1ccc(C2(O)CCC(C)c3ccccc32)c(F)c1. The topological polar surface area (TPSA) is 29.5 Å². The molecule has 0 aromatic heterocycles. The van der Waals surface area contributed by atoms with E-state index in [9.17, 15) is 9.50 Å². The third-order valence-electron chi connectivity index (χ3n) is 4.50. The van der Waals surface area contributed by atoms with Crippen LogP contribution >= 0.6 is 0 Å². The standard InChI is InChI=1S/C18H19FO2/c1-12-9-10-18(20,15-6-4-3-5-14(12)15)16-8-7-13(21-2)11-17(16)19/h3-8,11-12,20H,9-10H2,1-2H3. The summed E-state index contributed by atoms with van der Waals surface area (Å²) in [5.41, 5.74) is 0.969. The summed E-state index contributed by atoms with van der Waals surface area (Å²) in [6, 6.07) is 12.4. The van der Waals surface area contributed by atoms with Crippen molar-refractivity contribution >= 4 is 0 Å². The van der Waals surface area contributed by atoms with Gasteiger partial charge >= 0.3 is 0 Å². The van der Waals surface area contributed by atoms with Gasteiger partial charge in [-0.1, -0.05) is 31.2 Å². The minimum atomic E-state index is -1.26. The molecule has 3 rings (SSSR count). The molecule has 1 aliphatic rings. The van der Waals surface area contributed by atoms with Crippen molar-refractivity contribution in [2.75, 3.05) is 7.11 Å². The van der Waals surface area contributed by atoms with Crippen molar-refractivity contribution in [1.82, 2.24) is 0 Å². The predicted octanol–water partition coefficient (Wildman–Crippen LogP) is 3.97. The summed E-state index contributed by atoms with van der Waals surface area (Å²) in [4.78, 5) is 0. The van der Waals surface area contributed by atoms with E-state index in [0.29, 0.717) is 23.7 Å². The monoisotopic (exact) mass is 286 g/mol. The first-order chi connectivity index (χ1) is 10.1. The average molecular weight is 286 g/mol. The van der Waals surface area contributed by atoms with Crippen LogP contribution in [-0.2, 0) is 5.60 Å². The van der Waals surface area contributed by atoms with E-state index in [1.807, 2.05) is 24.3 Å². The van der Waals surface area contributed by atoms with Crippen LogP contribution in [0.4, 0.5) is 4.39 Å². The van der Waals surface area contributed by atoms with Gasteiger partial charge in [0, 0.05) is 11.6 Å². The van der Waals surface area contributed by atoms with Crippen LogP contribution in [0, 0.1) is 5.82 Å². The maximum absolute atomic E-state index is 14.4. The number of hydrogen-bond acceptors (Lipinski definition) is 2. The van der Waals surface area contributed by atoms with Crippen LogP contribution < -0.4 is 4.74 Å². The van der Waals surface area contributed by atoms with Crippen LogP contribution in [-0.4, -0.2) is 12.2 Å². The molecule has 1 aliphatic carbocycles. The van der Waals surface area contributed by atoms with Crippen molar-refractivity contribution in [2.45, 2.75) is 31.3 Å². The summed E-state index contributed by atoms with van der Waals surface area (Å²) in [6.07, 6.45) is 1.35. The lowest BCUT2D eigenvalue weighted by Crippen LogP contribution is -2.33. The maximum atomic E-state index is 14.4. The largest absolute Gasteiger partial charge is 0.497 e. The predicted molar refractivity (Wildman–Crippen MR) is 80.0 cm³/mol. The average Bonchev–Trinajstić information content (AvgIpc) is 2.51. The maximum Gasteiger partial charge on any atom is 0.133 e. The van der Waals surface area contributed by atoms with E-state index in [1.54, 1.807) is 12.1 Å². The fraction of sp³-hybridized carbons (Fsp3) is 0.333. The second-order valence-electron chi connectivity index (χ2n) is 5.73. The molecule has 3 heteroatoms. The Morgan fingerprint density at radius 3 is 2.67 bits per heavy atom. The van der Waals surface area contributed by atoms with E-state index < -0.39 is 11.4 Å². The Balaban J connectivity index is 2.16. The zero-order chi connectivity index (χ0) is 15.0. The minimum Gasteiger partial charge on any atom is -0.497 e. The summed E-state index contributed by atoms with van der Waals surface area (Å²) in [6.45, 7) is 2.14. The lowest BCUT2D eigenvalue weighted by atomic mass is 9.71. The van der Waals surface area contributed by atoms with Gasteiger partial charge in [0.25, 0.3) is 0 Å². The van der Waals surface area contributed by atoms with Gasteiger partial charge in [-0.25, -0.2) is 4.39 Å². The second kappa shape index (κ2) is 5.15. The minimum absolute atomic E-state index is 0.322. The first-order valence-electron chi connectivity index (χ1n) is 7.22. The Hall–Kier alpha value is -1.87. The van der Waals surface area contributed by atoms with Crippen molar-refractivity contribution < 1.29 is 14.2 Å². The molecule has 0 saturated carbocycles. The smallest absolute Gasteiger partial charge is 0.133 e. The van der Waals surface area contributed by atoms with Gasteiger partial charge < -0.3 is 9.84 Å². The lowest BCUT2D eigenvalue weighted by Gasteiger charge is -2.38. The molecule has 0 fully saturated rings. The van der Waals surface area contributed by atoms with Gasteiger partial charge in [0.2, 0.25) is 0 Å². The highest BCUT2D eigenvalue weighted by atomic mass is 19.1. The normalized spacial score (nSPS) is 24.5. The second-order valence-corrected chi connectivity index (χ2v) is 5.73. The third-order valence-corrected chi connectivity index (χ3v) is 4.50. The molecule has 0 saturated heterocycles. The van der Waals surface area contributed by atoms with Crippen molar-refractivity contribution in [2.24, 2.45) is 0 Å². The summed E-state index contributed by atoms with van der Waals surface area (Å²) in [5.74, 6) is 0.404. The molecule has 2 unspecified atom stereocenters.